The van der Waals surface area contributed by atoms with Crippen LogP contribution in [0.15, 0.2) is 11.6 Å². The predicted octanol–water partition coefficient (Wildman–Crippen LogP) is 3.80. The van der Waals surface area contributed by atoms with Crippen LogP contribution in [0.4, 0.5) is 0 Å². The highest BCUT2D eigenvalue weighted by Gasteiger charge is 2.33. The van der Waals surface area contributed by atoms with Gasteiger partial charge in [0.05, 0.1) is 0 Å². The minimum atomic E-state index is 0.477. The van der Waals surface area contributed by atoms with Crippen molar-refractivity contribution in [3.05, 3.63) is 11.6 Å². The van der Waals surface area contributed by atoms with Gasteiger partial charge in [0.2, 0.25) is 0 Å². The third kappa shape index (κ3) is 1.79. The molecule has 0 fully saturated rings. The Morgan fingerprint density at radius 2 is 2.27 bits per heavy atom. The van der Waals surface area contributed by atoms with Crippen LogP contribution in [0.2, 0.25) is 0 Å². The number of hydrogen-bond acceptors (Lipinski definition) is 0. The van der Waals surface area contributed by atoms with E-state index in [0.29, 0.717) is 5.41 Å². The van der Waals surface area contributed by atoms with E-state index < -0.39 is 0 Å². The van der Waals surface area contributed by atoms with E-state index in [1.807, 2.05) is 0 Å². The minimum Gasteiger partial charge on any atom is -0.0864 e. The van der Waals surface area contributed by atoms with E-state index >= 15 is 0 Å². The van der Waals surface area contributed by atoms with E-state index in [1.54, 1.807) is 5.57 Å². The zero-order valence-electron chi connectivity index (χ0n) is 7.65. The average molecular weight is 264 g/mol. The quantitative estimate of drug-likeness (QED) is 0.404. The van der Waals surface area contributed by atoms with E-state index in [2.05, 4.69) is 49.4 Å². The summed E-state index contributed by atoms with van der Waals surface area (Å²) in [6.45, 7) is 7.03. The molecule has 0 N–H and O–H groups in total. The standard InChI is InChI=1S/C10H17I/c1-8-4-5-9(6-7-11)10(8,2)3/h4,9H,5-7H2,1-3H3. The zero-order valence-corrected chi connectivity index (χ0v) is 9.81. The van der Waals surface area contributed by atoms with E-state index in [9.17, 15) is 0 Å². The third-order valence-electron chi connectivity index (χ3n) is 3.20. The van der Waals surface area contributed by atoms with Crippen molar-refractivity contribution < 1.29 is 0 Å². The minimum absolute atomic E-state index is 0.477. The highest BCUT2D eigenvalue weighted by atomic mass is 127. The van der Waals surface area contributed by atoms with Crippen molar-refractivity contribution >= 4 is 22.6 Å². The molecule has 0 heterocycles. The second-order valence-corrected chi connectivity index (χ2v) is 5.10. The first-order valence-electron chi connectivity index (χ1n) is 4.32. The van der Waals surface area contributed by atoms with Crippen LogP contribution in [0.5, 0.6) is 0 Å². The first kappa shape index (κ1) is 9.56. The molecule has 0 aromatic rings. The zero-order chi connectivity index (χ0) is 8.48. The number of allylic oxidation sites excluding steroid dienone is 2. The summed E-state index contributed by atoms with van der Waals surface area (Å²) in [4.78, 5) is 0. The molecule has 0 aromatic carbocycles. The number of alkyl halides is 1. The van der Waals surface area contributed by atoms with Crippen molar-refractivity contribution in [3.63, 3.8) is 0 Å². The molecule has 1 aliphatic carbocycles. The van der Waals surface area contributed by atoms with Gasteiger partial charge in [0.15, 0.2) is 0 Å². The second-order valence-electron chi connectivity index (χ2n) is 4.02. The molecule has 0 spiro atoms. The molecule has 0 aliphatic heterocycles. The summed E-state index contributed by atoms with van der Waals surface area (Å²) in [6.07, 6.45) is 5.10. The first-order chi connectivity index (χ1) is 5.09. The van der Waals surface area contributed by atoms with Crippen molar-refractivity contribution in [2.24, 2.45) is 11.3 Å². The maximum Gasteiger partial charge on any atom is -0.000167 e. The molecule has 0 aromatic heterocycles. The van der Waals surface area contributed by atoms with Gasteiger partial charge in [-0.1, -0.05) is 48.1 Å². The first-order valence-corrected chi connectivity index (χ1v) is 5.84. The van der Waals surface area contributed by atoms with Gasteiger partial charge in [-0.05, 0) is 35.5 Å². The van der Waals surface area contributed by atoms with Crippen LogP contribution in [0.3, 0.4) is 0 Å². The fraction of sp³-hybridized carbons (Fsp3) is 0.800. The third-order valence-corrected chi connectivity index (χ3v) is 3.83. The van der Waals surface area contributed by atoms with Gasteiger partial charge in [-0.25, -0.2) is 0 Å². The molecule has 0 radical (unpaired) electrons. The molecule has 0 amide bonds. The van der Waals surface area contributed by atoms with Crippen LogP contribution in [-0.4, -0.2) is 4.43 Å². The van der Waals surface area contributed by atoms with Gasteiger partial charge in [-0.15, -0.1) is 0 Å². The molecule has 0 saturated heterocycles. The summed E-state index contributed by atoms with van der Waals surface area (Å²) >= 11 is 2.48. The molecule has 1 unspecified atom stereocenters. The number of rotatable bonds is 2. The molecule has 1 heteroatoms. The number of hydrogen-bond donors (Lipinski definition) is 0. The van der Waals surface area contributed by atoms with Gasteiger partial charge in [0, 0.05) is 0 Å². The van der Waals surface area contributed by atoms with E-state index in [4.69, 9.17) is 0 Å². The van der Waals surface area contributed by atoms with Gasteiger partial charge >= 0.3 is 0 Å². The Kier molecular flexibility index (Phi) is 3.01. The van der Waals surface area contributed by atoms with Crippen LogP contribution in [0.1, 0.15) is 33.6 Å². The van der Waals surface area contributed by atoms with E-state index in [1.165, 1.54) is 17.3 Å². The maximum atomic E-state index is 2.48. The highest BCUT2D eigenvalue weighted by Crippen LogP contribution is 2.44. The Hall–Kier alpha value is 0.470. The van der Waals surface area contributed by atoms with Gasteiger partial charge in [-0.2, -0.15) is 0 Å². The predicted molar refractivity (Wildman–Crippen MR) is 59.1 cm³/mol. The summed E-state index contributed by atoms with van der Waals surface area (Å²) in [6, 6.07) is 0. The molecular weight excluding hydrogens is 247 g/mol. The van der Waals surface area contributed by atoms with Crippen LogP contribution >= 0.6 is 22.6 Å². The highest BCUT2D eigenvalue weighted by molar-refractivity contribution is 14.1. The maximum absolute atomic E-state index is 2.48. The van der Waals surface area contributed by atoms with E-state index in [-0.39, 0.29) is 0 Å². The van der Waals surface area contributed by atoms with Crippen molar-refractivity contribution in [2.45, 2.75) is 33.6 Å². The van der Waals surface area contributed by atoms with Gasteiger partial charge < -0.3 is 0 Å². The second kappa shape index (κ2) is 3.46. The molecule has 0 saturated carbocycles. The van der Waals surface area contributed by atoms with Gasteiger partial charge in [-0.3, -0.25) is 0 Å². The number of halogens is 1. The van der Waals surface area contributed by atoms with Crippen LogP contribution in [0.25, 0.3) is 0 Å². The van der Waals surface area contributed by atoms with E-state index in [0.717, 1.165) is 5.92 Å². The largest absolute Gasteiger partial charge is 0.0864 e. The van der Waals surface area contributed by atoms with Crippen LogP contribution < -0.4 is 0 Å². The summed E-state index contributed by atoms with van der Waals surface area (Å²) in [5, 5.41) is 0. The van der Waals surface area contributed by atoms with Crippen LogP contribution in [0, 0.1) is 11.3 Å². The van der Waals surface area contributed by atoms with Crippen molar-refractivity contribution in [3.8, 4) is 0 Å². The SMILES string of the molecule is CC1=CCC(CCI)C1(C)C. The topological polar surface area (TPSA) is 0 Å². The Balaban J connectivity index is 2.62. The summed E-state index contributed by atoms with van der Waals surface area (Å²) in [5.74, 6) is 0.902. The van der Waals surface area contributed by atoms with Gasteiger partial charge in [0.1, 0.15) is 0 Å². The van der Waals surface area contributed by atoms with Crippen molar-refractivity contribution in [2.75, 3.05) is 4.43 Å². The summed E-state index contributed by atoms with van der Waals surface area (Å²) in [7, 11) is 0. The monoisotopic (exact) mass is 264 g/mol. The van der Waals surface area contributed by atoms with Crippen molar-refractivity contribution in [1.82, 2.24) is 0 Å². The molecule has 64 valence electrons. The molecule has 0 bridgehead atoms. The summed E-state index contributed by atoms with van der Waals surface area (Å²) in [5.41, 5.74) is 2.07. The average Bonchev–Trinajstić information content (AvgIpc) is 2.16. The molecule has 11 heavy (non-hydrogen) atoms. The Labute approximate surface area is 83.6 Å². The van der Waals surface area contributed by atoms with Crippen LogP contribution in [-0.2, 0) is 0 Å². The lowest BCUT2D eigenvalue weighted by atomic mass is 9.76. The smallest absolute Gasteiger partial charge is 0.000167 e. The lowest BCUT2D eigenvalue weighted by molar-refractivity contribution is 0.287. The fourth-order valence-corrected chi connectivity index (χ4v) is 2.56. The lowest BCUT2D eigenvalue weighted by Gasteiger charge is -2.29. The Bertz CT molecular complexity index is 168. The molecular formula is C10H17I. The molecule has 1 atom stereocenters. The summed E-state index contributed by atoms with van der Waals surface area (Å²) < 4.78 is 1.30. The van der Waals surface area contributed by atoms with Gasteiger partial charge in [0.25, 0.3) is 0 Å². The molecule has 0 nitrogen and oxygen atoms in total. The Morgan fingerprint density at radius 1 is 1.64 bits per heavy atom. The fourth-order valence-electron chi connectivity index (χ4n) is 1.81. The van der Waals surface area contributed by atoms with Crippen molar-refractivity contribution in [1.29, 1.82) is 0 Å². The lowest BCUT2D eigenvalue weighted by Crippen LogP contribution is -2.20. The molecule has 1 rings (SSSR count). The normalized spacial score (nSPS) is 28.7. The molecule has 1 aliphatic rings. The Morgan fingerprint density at radius 3 is 2.64 bits per heavy atom.